The van der Waals surface area contributed by atoms with E-state index in [4.69, 9.17) is 19.7 Å². The molecule has 1 aliphatic rings. The molecule has 6 heteroatoms. The second-order valence-corrected chi connectivity index (χ2v) is 4.93. The number of para-hydroxylation sites is 2. The lowest BCUT2D eigenvalue weighted by Gasteiger charge is -2.24. The molecule has 2 N–H and O–H groups in total. The van der Waals surface area contributed by atoms with Crippen molar-refractivity contribution in [2.45, 2.75) is 31.9 Å². The van der Waals surface area contributed by atoms with Crippen LogP contribution < -0.4 is 15.2 Å². The van der Waals surface area contributed by atoms with Crippen LogP contribution in [0, 0.1) is 0 Å². The number of nitrogens with zero attached hydrogens (tertiary/aromatic N) is 2. The van der Waals surface area contributed by atoms with E-state index in [-0.39, 0.29) is 12.1 Å². The summed E-state index contributed by atoms with van der Waals surface area (Å²) >= 11 is 0. The van der Waals surface area contributed by atoms with Crippen LogP contribution in [-0.4, -0.2) is 22.8 Å². The van der Waals surface area contributed by atoms with E-state index in [1.165, 1.54) is 0 Å². The van der Waals surface area contributed by atoms with Gasteiger partial charge in [-0.15, -0.1) is 0 Å². The van der Waals surface area contributed by atoms with E-state index in [2.05, 4.69) is 10.1 Å². The maximum atomic E-state index is 5.82. The zero-order chi connectivity index (χ0) is 13.9. The Morgan fingerprint density at radius 3 is 2.95 bits per heavy atom. The average Bonchev–Trinajstić information content (AvgIpc) is 2.93. The molecular formula is C14H17N3O3. The fraction of sp³-hybridized carbons (Fsp3) is 0.429. The molecule has 2 unspecified atom stereocenters. The Bertz CT molecular complexity index is 583. The molecule has 1 aromatic carbocycles. The van der Waals surface area contributed by atoms with Crippen LogP contribution in [0.2, 0.25) is 0 Å². The molecule has 6 nitrogen and oxygen atoms in total. The number of aryl methyl sites for hydroxylation is 1. The van der Waals surface area contributed by atoms with Gasteiger partial charge in [0.1, 0.15) is 6.61 Å². The van der Waals surface area contributed by atoms with E-state index in [9.17, 15) is 0 Å². The number of fused-ring (bicyclic) bond motifs is 1. The van der Waals surface area contributed by atoms with E-state index in [0.29, 0.717) is 30.5 Å². The van der Waals surface area contributed by atoms with Crippen LogP contribution in [0.3, 0.4) is 0 Å². The molecule has 0 saturated heterocycles. The standard InChI is InChI=1S/C14H17N3O3/c1-9(15)6-7-13-16-14(17-20-13)12-8-18-10-4-2-3-5-11(10)19-12/h2-5,9,12H,6-8,15H2,1H3. The minimum Gasteiger partial charge on any atom is -0.485 e. The summed E-state index contributed by atoms with van der Waals surface area (Å²) in [6, 6.07) is 7.65. The minimum absolute atomic E-state index is 0.117. The van der Waals surface area contributed by atoms with E-state index < -0.39 is 0 Å². The second-order valence-electron chi connectivity index (χ2n) is 4.93. The highest BCUT2D eigenvalue weighted by atomic mass is 16.6. The van der Waals surface area contributed by atoms with Gasteiger partial charge in [-0.25, -0.2) is 0 Å². The minimum atomic E-state index is -0.335. The van der Waals surface area contributed by atoms with E-state index in [0.717, 1.165) is 12.2 Å². The Labute approximate surface area is 116 Å². The summed E-state index contributed by atoms with van der Waals surface area (Å²) in [7, 11) is 0. The highest BCUT2D eigenvalue weighted by Gasteiger charge is 2.26. The zero-order valence-corrected chi connectivity index (χ0v) is 11.3. The number of aromatic nitrogens is 2. The van der Waals surface area contributed by atoms with Crippen molar-refractivity contribution in [3.8, 4) is 11.5 Å². The number of hydrogen-bond donors (Lipinski definition) is 1. The summed E-state index contributed by atoms with van der Waals surface area (Å²) in [6.45, 7) is 2.33. The first-order valence-electron chi connectivity index (χ1n) is 6.69. The Hall–Kier alpha value is -2.08. The number of benzene rings is 1. The van der Waals surface area contributed by atoms with Gasteiger partial charge in [0.05, 0.1) is 0 Å². The summed E-state index contributed by atoms with van der Waals surface area (Å²) in [5.41, 5.74) is 5.71. The van der Waals surface area contributed by atoms with Gasteiger partial charge >= 0.3 is 0 Å². The smallest absolute Gasteiger partial charge is 0.226 e. The summed E-state index contributed by atoms with van der Waals surface area (Å²) in [6.07, 6.45) is 1.15. The SMILES string of the molecule is CC(N)CCc1nc(C2COc3ccccc3O2)no1. The van der Waals surface area contributed by atoms with Crippen LogP contribution in [0.25, 0.3) is 0 Å². The molecule has 2 aromatic rings. The van der Waals surface area contributed by atoms with Crippen molar-refractivity contribution in [2.75, 3.05) is 6.61 Å². The fourth-order valence-corrected chi connectivity index (χ4v) is 2.00. The molecule has 0 saturated carbocycles. The van der Waals surface area contributed by atoms with E-state index >= 15 is 0 Å². The monoisotopic (exact) mass is 275 g/mol. The normalized spacial score (nSPS) is 18.8. The van der Waals surface area contributed by atoms with Crippen molar-refractivity contribution in [2.24, 2.45) is 5.73 Å². The maximum absolute atomic E-state index is 5.82. The lowest BCUT2D eigenvalue weighted by Crippen LogP contribution is -2.22. The molecule has 0 fully saturated rings. The first-order valence-corrected chi connectivity index (χ1v) is 6.69. The molecule has 2 heterocycles. The van der Waals surface area contributed by atoms with Gasteiger partial charge in [-0.2, -0.15) is 4.98 Å². The van der Waals surface area contributed by atoms with Crippen molar-refractivity contribution in [1.82, 2.24) is 10.1 Å². The topological polar surface area (TPSA) is 83.4 Å². The Morgan fingerprint density at radius 1 is 1.35 bits per heavy atom. The molecule has 106 valence electrons. The average molecular weight is 275 g/mol. The van der Waals surface area contributed by atoms with Crippen LogP contribution in [-0.2, 0) is 6.42 Å². The van der Waals surface area contributed by atoms with Gasteiger partial charge < -0.3 is 19.7 Å². The molecule has 0 spiro atoms. The number of nitrogens with two attached hydrogens (primary N) is 1. The number of rotatable bonds is 4. The molecule has 0 bridgehead atoms. The molecule has 3 rings (SSSR count). The Kier molecular flexibility index (Phi) is 3.56. The highest BCUT2D eigenvalue weighted by Crippen LogP contribution is 2.35. The number of ether oxygens (including phenoxy) is 2. The van der Waals surface area contributed by atoms with Crippen LogP contribution in [0.1, 0.15) is 31.2 Å². The summed E-state index contributed by atoms with van der Waals surface area (Å²) in [5.74, 6) is 2.54. The largest absolute Gasteiger partial charge is 0.485 e. The second kappa shape index (κ2) is 5.50. The van der Waals surface area contributed by atoms with Gasteiger partial charge in [0.2, 0.25) is 11.7 Å². The molecule has 0 aliphatic carbocycles. The fourth-order valence-electron chi connectivity index (χ4n) is 2.00. The van der Waals surface area contributed by atoms with Crippen LogP contribution in [0.4, 0.5) is 0 Å². The molecular weight excluding hydrogens is 258 g/mol. The van der Waals surface area contributed by atoms with Crippen LogP contribution in [0.15, 0.2) is 28.8 Å². The Balaban J connectivity index is 1.69. The first-order chi connectivity index (χ1) is 9.72. The Morgan fingerprint density at radius 2 is 2.15 bits per heavy atom. The predicted molar refractivity (Wildman–Crippen MR) is 71.6 cm³/mol. The van der Waals surface area contributed by atoms with Crippen molar-refractivity contribution < 1.29 is 14.0 Å². The highest BCUT2D eigenvalue weighted by molar-refractivity contribution is 5.40. The molecule has 0 radical (unpaired) electrons. The van der Waals surface area contributed by atoms with Crippen molar-refractivity contribution in [1.29, 1.82) is 0 Å². The third kappa shape index (κ3) is 2.75. The van der Waals surface area contributed by atoms with Crippen LogP contribution >= 0.6 is 0 Å². The lowest BCUT2D eigenvalue weighted by atomic mass is 10.2. The first kappa shape index (κ1) is 12.9. The van der Waals surface area contributed by atoms with Gasteiger partial charge in [0, 0.05) is 12.5 Å². The third-order valence-corrected chi connectivity index (χ3v) is 3.09. The van der Waals surface area contributed by atoms with E-state index in [1.807, 2.05) is 31.2 Å². The molecule has 1 aliphatic heterocycles. The summed E-state index contributed by atoms with van der Waals surface area (Å²) in [4.78, 5) is 4.34. The van der Waals surface area contributed by atoms with Crippen molar-refractivity contribution in [3.05, 3.63) is 36.0 Å². The number of hydrogen-bond acceptors (Lipinski definition) is 6. The van der Waals surface area contributed by atoms with Gasteiger partial charge in [-0.3, -0.25) is 0 Å². The van der Waals surface area contributed by atoms with Gasteiger partial charge in [-0.05, 0) is 25.5 Å². The van der Waals surface area contributed by atoms with Gasteiger partial charge in [-0.1, -0.05) is 17.3 Å². The van der Waals surface area contributed by atoms with Gasteiger partial charge in [0.25, 0.3) is 0 Å². The zero-order valence-electron chi connectivity index (χ0n) is 11.3. The molecule has 2 atom stereocenters. The summed E-state index contributed by atoms with van der Waals surface area (Å²) in [5, 5.41) is 3.96. The van der Waals surface area contributed by atoms with E-state index in [1.54, 1.807) is 0 Å². The molecule has 1 aromatic heterocycles. The van der Waals surface area contributed by atoms with Crippen LogP contribution in [0.5, 0.6) is 11.5 Å². The molecule has 0 amide bonds. The van der Waals surface area contributed by atoms with Crippen molar-refractivity contribution in [3.63, 3.8) is 0 Å². The molecule has 20 heavy (non-hydrogen) atoms. The summed E-state index contributed by atoms with van der Waals surface area (Å²) < 4.78 is 16.7. The maximum Gasteiger partial charge on any atom is 0.226 e. The predicted octanol–water partition coefficient (Wildman–Crippen LogP) is 1.86. The van der Waals surface area contributed by atoms with Gasteiger partial charge in [0.15, 0.2) is 17.6 Å². The quantitative estimate of drug-likeness (QED) is 0.917. The third-order valence-electron chi connectivity index (χ3n) is 3.09. The lowest BCUT2D eigenvalue weighted by molar-refractivity contribution is 0.0832. The van der Waals surface area contributed by atoms with Crippen molar-refractivity contribution >= 4 is 0 Å².